The lowest BCUT2D eigenvalue weighted by Gasteiger charge is -2.10. The average Bonchev–Trinajstić information content (AvgIpc) is 3.16. The van der Waals surface area contributed by atoms with Crippen LogP contribution in [0.25, 0.3) is 20.7 Å². The van der Waals surface area contributed by atoms with E-state index in [2.05, 4.69) is 10.3 Å². The number of non-ortho nitro benzene ring substituents is 1. The molecule has 4 rings (SSSR count). The summed E-state index contributed by atoms with van der Waals surface area (Å²) in [6.07, 6.45) is 0. The highest BCUT2D eigenvalue weighted by Crippen LogP contribution is 2.30. The number of aryl methyl sites for hydroxylation is 1. The number of carbonyl (C=O) groups excluding carboxylic acids is 1. The van der Waals surface area contributed by atoms with Gasteiger partial charge in [-0.15, -0.1) is 11.3 Å². The maximum absolute atomic E-state index is 13.0. The molecule has 0 aliphatic heterocycles. The van der Waals surface area contributed by atoms with Crippen LogP contribution in [0.1, 0.15) is 5.82 Å². The number of carbonyl (C=O) groups is 1. The molecule has 0 radical (unpaired) electrons. The number of aromatic nitrogens is 2. The molecule has 150 valence electrons. The first-order chi connectivity index (χ1) is 14.4. The SMILES string of the molecule is Cc1nc2sc(-c3ccccc3)cc2c(=O)n1CC(=O)Nc1cccc([N+](=O)[O-])c1. The van der Waals surface area contributed by atoms with Crippen molar-refractivity contribution in [2.75, 3.05) is 5.32 Å². The fraction of sp³-hybridized carbons (Fsp3) is 0.0952. The Morgan fingerprint density at radius 3 is 2.67 bits per heavy atom. The van der Waals surface area contributed by atoms with Crippen molar-refractivity contribution in [2.24, 2.45) is 0 Å². The van der Waals surface area contributed by atoms with Crippen LogP contribution < -0.4 is 10.9 Å². The number of benzene rings is 2. The van der Waals surface area contributed by atoms with Crippen molar-refractivity contribution in [3.8, 4) is 10.4 Å². The summed E-state index contributed by atoms with van der Waals surface area (Å²) in [4.78, 5) is 41.8. The molecule has 2 aromatic heterocycles. The first-order valence-electron chi connectivity index (χ1n) is 9.03. The van der Waals surface area contributed by atoms with Crippen LogP contribution in [-0.2, 0) is 11.3 Å². The number of nitrogens with zero attached hydrogens (tertiary/aromatic N) is 3. The Labute approximate surface area is 174 Å². The van der Waals surface area contributed by atoms with Gasteiger partial charge in [-0.25, -0.2) is 4.98 Å². The molecule has 2 aromatic carbocycles. The van der Waals surface area contributed by atoms with Gasteiger partial charge in [-0.3, -0.25) is 24.3 Å². The van der Waals surface area contributed by atoms with Gasteiger partial charge in [0.1, 0.15) is 17.2 Å². The molecule has 1 N–H and O–H groups in total. The van der Waals surface area contributed by atoms with Crippen LogP contribution in [0, 0.1) is 17.0 Å². The molecule has 0 atom stereocenters. The van der Waals surface area contributed by atoms with E-state index in [1.165, 1.54) is 34.1 Å². The quantitative estimate of drug-likeness (QED) is 0.388. The first-order valence-corrected chi connectivity index (χ1v) is 9.85. The minimum absolute atomic E-state index is 0.129. The minimum Gasteiger partial charge on any atom is -0.324 e. The summed E-state index contributed by atoms with van der Waals surface area (Å²) in [5.41, 5.74) is 0.851. The van der Waals surface area contributed by atoms with Crippen molar-refractivity contribution in [2.45, 2.75) is 13.5 Å². The topological polar surface area (TPSA) is 107 Å². The van der Waals surface area contributed by atoms with Gasteiger partial charge >= 0.3 is 0 Å². The first kappa shape index (κ1) is 19.5. The number of amides is 1. The van der Waals surface area contributed by atoms with E-state index in [-0.39, 0.29) is 23.5 Å². The molecule has 0 bridgehead atoms. The summed E-state index contributed by atoms with van der Waals surface area (Å²) >= 11 is 1.42. The maximum atomic E-state index is 13.0. The number of fused-ring (bicyclic) bond motifs is 1. The van der Waals surface area contributed by atoms with Gasteiger partial charge in [-0.1, -0.05) is 36.4 Å². The van der Waals surface area contributed by atoms with Crippen molar-refractivity contribution < 1.29 is 9.72 Å². The monoisotopic (exact) mass is 420 g/mol. The zero-order chi connectivity index (χ0) is 21.3. The molecule has 0 spiro atoms. The van der Waals surface area contributed by atoms with Crippen molar-refractivity contribution >= 4 is 38.8 Å². The molecule has 8 nitrogen and oxygen atoms in total. The summed E-state index contributed by atoms with van der Waals surface area (Å²) in [7, 11) is 0. The zero-order valence-electron chi connectivity index (χ0n) is 15.9. The number of nitro groups is 1. The van der Waals surface area contributed by atoms with E-state index in [0.717, 1.165) is 10.4 Å². The van der Waals surface area contributed by atoms with E-state index in [9.17, 15) is 19.7 Å². The Morgan fingerprint density at radius 2 is 1.93 bits per heavy atom. The molecule has 1 amide bonds. The van der Waals surface area contributed by atoms with E-state index in [1.54, 1.807) is 19.1 Å². The molecule has 0 saturated heterocycles. The molecule has 0 aliphatic rings. The molecular weight excluding hydrogens is 404 g/mol. The van der Waals surface area contributed by atoms with Crippen molar-refractivity contribution in [3.05, 3.63) is 87.0 Å². The van der Waals surface area contributed by atoms with Crippen LogP contribution in [-0.4, -0.2) is 20.4 Å². The highest BCUT2D eigenvalue weighted by Gasteiger charge is 2.15. The molecule has 9 heteroatoms. The van der Waals surface area contributed by atoms with Gasteiger partial charge in [0.25, 0.3) is 11.2 Å². The average molecular weight is 420 g/mol. The van der Waals surface area contributed by atoms with E-state index in [4.69, 9.17) is 0 Å². The molecule has 0 unspecified atom stereocenters. The summed E-state index contributed by atoms with van der Waals surface area (Å²) in [6, 6.07) is 17.1. The molecule has 0 fully saturated rings. The number of hydrogen-bond donors (Lipinski definition) is 1. The highest BCUT2D eigenvalue weighted by atomic mass is 32.1. The molecule has 2 heterocycles. The number of anilines is 1. The second kappa shape index (κ2) is 7.88. The number of nitro benzene ring substituents is 1. The van der Waals surface area contributed by atoms with E-state index < -0.39 is 10.8 Å². The highest BCUT2D eigenvalue weighted by molar-refractivity contribution is 7.21. The third-order valence-electron chi connectivity index (χ3n) is 4.54. The van der Waals surface area contributed by atoms with Gasteiger partial charge in [-0.05, 0) is 24.6 Å². The zero-order valence-corrected chi connectivity index (χ0v) is 16.7. The maximum Gasteiger partial charge on any atom is 0.271 e. The fourth-order valence-corrected chi connectivity index (χ4v) is 4.16. The normalized spacial score (nSPS) is 10.8. The van der Waals surface area contributed by atoms with Crippen LogP contribution in [0.15, 0.2) is 65.5 Å². The predicted octanol–water partition coefficient (Wildman–Crippen LogP) is 3.98. The number of thiophene rings is 1. The van der Waals surface area contributed by atoms with Gasteiger partial charge in [0, 0.05) is 22.7 Å². The van der Waals surface area contributed by atoms with Gasteiger partial charge < -0.3 is 5.32 Å². The van der Waals surface area contributed by atoms with Crippen molar-refractivity contribution in [1.82, 2.24) is 9.55 Å². The van der Waals surface area contributed by atoms with Crippen LogP contribution in [0.3, 0.4) is 0 Å². The van der Waals surface area contributed by atoms with Crippen LogP contribution in [0.2, 0.25) is 0 Å². The van der Waals surface area contributed by atoms with Gasteiger partial charge in [-0.2, -0.15) is 0 Å². The van der Waals surface area contributed by atoms with Gasteiger partial charge in [0.05, 0.1) is 10.3 Å². The Hall–Kier alpha value is -3.85. The second-order valence-electron chi connectivity index (χ2n) is 6.60. The Bertz CT molecular complexity index is 1330. The fourth-order valence-electron chi connectivity index (χ4n) is 3.09. The Balaban J connectivity index is 1.62. The van der Waals surface area contributed by atoms with Crippen molar-refractivity contribution in [1.29, 1.82) is 0 Å². The molecular formula is C21H16N4O4S. The smallest absolute Gasteiger partial charge is 0.271 e. The minimum atomic E-state index is -0.539. The molecule has 4 aromatic rings. The lowest BCUT2D eigenvalue weighted by Crippen LogP contribution is -2.29. The van der Waals surface area contributed by atoms with Crippen LogP contribution >= 0.6 is 11.3 Å². The summed E-state index contributed by atoms with van der Waals surface area (Å²) in [5.74, 6) is -0.0523. The third-order valence-corrected chi connectivity index (χ3v) is 5.62. The summed E-state index contributed by atoms with van der Waals surface area (Å²) in [5, 5.41) is 13.9. The van der Waals surface area contributed by atoms with Crippen LogP contribution in [0.5, 0.6) is 0 Å². The largest absolute Gasteiger partial charge is 0.324 e. The number of nitrogens with one attached hydrogen (secondary N) is 1. The number of hydrogen-bond acceptors (Lipinski definition) is 6. The van der Waals surface area contributed by atoms with Crippen LogP contribution in [0.4, 0.5) is 11.4 Å². The van der Waals surface area contributed by atoms with Gasteiger partial charge in [0.2, 0.25) is 5.91 Å². The van der Waals surface area contributed by atoms with Gasteiger partial charge in [0.15, 0.2) is 0 Å². The predicted molar refractivity (Wildman–Crippen MR) is 116 cm³/mol. The van der Waals surface area contributed by atoms with E-state index in [0.29, 0.717) is 16.0 Å². The lowest BCUT2D eigenvalue weighted by atomic mass is 10.2. The van der Waals surface area contributed by atoms with Crippen molar-refractivity contribution in [3.63, 3.8) is 0 Å². The van der Waals surface area contributed by atoms with E-state index >= 15 is 0 Å². The Kier molecular flexibility index (Phi) is 5.11. The lowest BCUT2D eigenvalue weighted by molar-refractivity contribution is -0.384. The third kappa shape index (κ3) is 3.83. The summed E-state index contributed by atoms with van der Waals surface area (Å²) < 4.78 is 1.30. The molecule has 0 aliphatic carbocycles. The standard InChI is InChI=1S/C21H16N4O4S/c1-13-22-20-17(11-18(30-20)14-6-3-2-4-7-14)21(27)24(13)12-19(26)23-15-8-5-9-16(10-15)25(28)29/h2-11H,12H2,1H3,(H,23,26). The molecule has 0 saturated carbocycles. The summed E-state index contributed by atoms with van der Waals surface area (Å²) in [6.45, 7) is 1.43. The molecule has 30 heavy (non-hydrogen) atoms. The number of rotatable bonds is 5. The Morgan fingerprint density at radius 1 is 1.17 bits per heavy atom. The van der Waals surface area contributed by atoms with E-state index in [1.807, 2.05) is 30.3 Å². The second-order valence-corrected chi connectivity index (χ2v) is 7.63.